The lowest BCUT2D eigenvalue weighted by Crippen LogP contribution is -2.00. The fraction of sp³-hybridized carbons (Fsp3) is 0. The van der Waals surface area contributed by atoms with Gasteiger partial charge in [0, 0.05) is 16.7 Å². The summed E-state index contributed by atoms with van der Waals surface area (Å²) in [7, 11) is 0. The van der Waals surface area contributed by atoms with Gasteiger partial charge in [0.2, 0.25) is 0 Å². The highest BCUT2D eigenvalue weighted by atomic mass is 15.0. The third-order valence-electron chi connectivity index (χ3n) is 8.08. The van der Waals surface area contributed by atoms with Crippen molar-refractivity contribution in [1.29, 1.82) is 0 Å². The van der Waals surface area contributed by atoms with Crippen LogP contribution in [0.3, 0.4) is 0 Å². The van der Waals surface area contributed by atoms with Crippen molar-refractivity contribution in [1.82, 2.24) is 15.0 Å². The highest BCUT2D eigenvalue weighted by molar-refractivity contribution is 5.93. The molecule has 0 spiro atoms. The first kappa shape index (κ1) is 25.8. The average Bonchev–Trinajstić information content (AvgIpc) is 3.11. The van der Waals surface area contributed by atoms with E-state index in [0.717, 1.165) is 27.8 Å². The second-order valence-electron chi connectivity index (χ2n) is 11.0. The predicted octanol–water partition coefficient (Wildman–Crippen LogP) is 10.5. The van der Waals surface area contributed by atoms with E-state index in [4.69, 9.17) is 15.0 Å². The molecule has 3 heteroatoms. The summed E-state index contributed by atoms with van der Waals surface area (Å²) < 4.78 is 0. The summed E-state index contributed by atoms with van der Waals surface area (Å²) in [6.07, 6.45) is 0. The quantitative estimate of drug-likeness (QED) is 0.210. The second-order valence-corrected chi connectivity index (χ2v) is 11.0. The van der Waals surface area contributed by atoms with Crippen LogP contribution >= 0.6 is 0 Å². The summed E-state index contributed by atoms with van der Waals surface area (Å²) in [5, 5.41) is 4.93. The van der Waals surface area contributed by atoms with Gasteiger partial charge in [-0.05, 0) is 68.1 Å². The molecule has 0 aliphatic heterocycles. The molecule has 0 fully saturated rings. The first-order valence-electron chi connectivity index (χ1n) is 14.8. The minimum absolute atomic E-state index is 0.653. The van der Waals surface area contributed by atoms with Gasteiger partial charge in [0.05, 0.1) is 0 Å². The van der Waals surface area contributed by atoms with Crippen LogP contribution in [-0.2, 0) is 0 Å². The summed E-state index contributed by atoms with van der Waals surface area (Å²) in [5.41, 5.74) is 7.58. The highest BCUT2D eigenvalue weighted by Gasteiger charge is 2.13. The van der Waals surface area contributed by atoms with Crippen LogP contribution in [0.15, 0.2) is 164 Å². The lowest BCUT2D eigenvalue weighted by Gasteiger charge is -2.10. The Bertz CT molecular complexity index is 2220. The lowest BCUT2D eigenvalue weighted by atomic mass is 9.96. The Morgan fingerprint density at radius 3 is 1.14 bits per heavy atom. The Morgan fingerprint density at radius 2 is 0.591 bits per heavy atom. The number of nitrogens with zero attached hydrogens (tertiary/aromatic N) is 3. The van der Waals surface area contributed by atoms with Crippen molar-refractivity contribution in [3.8, 4) is 56.4 Å². The molecule has 0 aliphatic rings. The van der Waals surface area contributed by atoms with Crippen LogP contribution in [0.25, 0.3) is 78.0 Å². The molecular formula is C41H27N3. The summed E-state index contributed by atoms with van der Waals surface area (Å²) in [6.45, 7) is 0. The van der Waals surface area contributed by atoms with Crippen molar-refractivity contribution in [2.24, 2.45) is 0 Å². The zero-order valence-corrected chi connectivity index (χ0v) is 23.9. The maximum atomic E-state index is 4.92. The molecular weight excluding hydrogens is 534 g/mol. The molecule has 44 heavy (non-hydrogen) atoms. The average molecular weight is 562 g/mol. The lowest BCUT2D eigenvalue weighted by molar-refractivity contribution is 1.07. The second kappa shape index (κ2) is 11.0. The molecule has 0 atom stereocenters. The molecule has 0 amide bonds. The van der Waals surface area contributed by atoms with Gasteiger partial charge in [0.15, 0.2) is 17.5 Å². The van der Waals surface area contributed by atoms with Crippen molar-refractivity contribution in [3.63, 3.8) is 0 Å². The smallest absolute Gasteiger partial charge is 0.164 e. The summed E-state index contributed by atoms with van der Waals surface area (Å²) in [6, 6.07) is 57.2. The van der Waals surface area contributed by atoms with E-state index in [0.29, 0.717) is 17.5 Å². The van der Waals surface area contributed by atoms with E-state index in [9.17, 15) is 0 Å². The molecule has 0 bridgehead atoms. The van der Waals surface area contributed by atoms with Crippen molar-refractivity contribution in [2.45, 2.75) is 0 Å². The molecule has 0 radical (unpaired) electrons. The molecule has 1 aromatic heterocycles. The Balaban J connectivity index is 1.16. The molecule has 1 heterocycles. The van der Waals surface area contributed by atoms with Gasteiger partial charge in [-0.25, -0.2) is 15.0 Å². The Kier molecular flexibility index (Phi) is 6.47. The molecule has 0 aliphatic carbocycles. The van der Waals surface area contributed by atoms with E-state index < -0.39 is 0 Å². The molecule has 0 N–H and O–H groups in total. The van der Waals surface area contributed by atoms with Crippen LogP contribution in [0, 0.1) is 0 Å². The van der Waals surface area contributed by atoms with Gasteiger partial charge in [-0.2, -0.15) is 0 Å². The van der Waals surface area contributed by atoms with Crippen LogP contribution < -0.4 is 0 Å². The normalized spacial score (nSPS) is 11.2. The number of rotatable bonds is 5. The van der Waals surface area contributed by atoms with Crippen LogP contribution in [0.4, 0.5) is 0 Å². The zero-order chi connectivity index (χ0) is 29.3. The first-order valence-corrected chi connectivity index (χ1v) is 14.8. The van der Waals surface area contributed by atoms with Gasteiger partial charge in [0.25, 0.3) is 0 Å². The van der Waals surface area contributed by atoms with Crippen LogP contribution in [0.5, 0.6) is 0 Å². The van der Waals surface area contributed by atoms with Gasteiger partial charge in [-0.15, -0.1) is 0 Å². The monoisotopic (exact) mass is 561 g/mol. The van der Waals surface area contributed by atoms with Gasteiger partial charge >= 0.3 is 0 Å². The molecule has 8 aromatic rings. The molecule has 0 saturated heterocycles. The van der Waals surface area contributed by atoms with Crippen molar-refractivity contribution >= 4 is 21.5 Å². The maximum Gasteiger partial charge on any atom is 0.164 e. The van der Waals surface area contributed by atoms with Crippen molar-refractivity contribution in [2.75, 3.05) is 0 Å². The predicted molar refractivity (Wildman–Crippen MR) is 182 cm³/mol. The van der Waals surface area contributed by atoms with Gasteiger partial charge in [-0.1, -0.05) is 140 Å². The van der Waals surface area contributed by atoms with Crippen molar-refractivity contribution < 1.29 is 0 Å². The number of hydrogen-bond acceptors (Lipinski definition) is 3. The molecule has 3 nitrogen and oxygen atoms in total. The standard InChI is InChI=1S/C41H27N3/c1-3-11-29(12-4-1)39-42-40(30-13-5-2-6-14-30)44-41(43-39)38-17-9-16-32(27-38)33-20-21-37-26-36(23-22-35(37)25-33)34-19-18-28-10-7-8-15-31(28)24-34/h1-27H. The number of fused-ring (bicyclic) bond motifs is 2. The Labute approximate surface area is 256 Å². The number of hydrogen-bond donors (Lipinski definition) is 0. The SMILES string of the molecule is c1ccc(-c2nc(-c3ccccc3)nc(-c3cccc(-c4ccc5cc(-c6ccc7ccccc7c6)ccc5c4)c3)n2)cc1. The fourth-order valence-corrected chi connectivity index (χ4v) is 5.75. The molecule has 0 unspecified atom stereocenters. The molecule has 8 rings (SSSR count). The third-order valence-corrected chi connectivity index (χ3v) is 8.08. The molecule has 7 aromatic carbocycles. The van der Waals surface area contributed by atoms with Gasteiger partial charge in [-0.3, -0.25) is 0 Å². The van der Waals surface area contributed by atoms with E-state index in [-0.39, 0.29) is 0 Å². The number of benzene rings is 7. The van der Waals surface area contributed by atoms with Crippen LogP contribution in [0.1, 0.15) is 0 Å². The van der Waals surface area contributed by atoms with E-state index >= 15 is 0 Å². The minimum Gasteiger partial charge on any atom is -0.208 e. The fourth-order valence-electron chi connectivity index (χ4n) is 5.75. The van der Waals surface area contributed by atoms with E-state index in [1.165, 1.54) is 32.7 Å². The Hall–Kier alpha value is -5.93. The number of aromatic nitrogens is 3. The van der Waals surface area contributed by atoms with E-state index in [2.05, 4.69) is 103 Å². The summed E-state index contributed by atoms with van der Waals surface area (Å²) >= 11 is 0. The van der Waals surface area contributed by atoms with Gasteiger partial charge < -0.3 is 0 Å². The third kappa shape index (κ3) is 5.01. The summed E-state index contributed by atoms with van der Waals surface area (Å²) in [5.74, 6) is 1.97. The summed E-state index contributed by atoms with van der Waals surface area (Å²) in [4.78, 5) is 14.7. The molecule has 0 saturated carbocycles. The topological polar surface area (TPSA) is 38.7 Å². The zero-order valence-electron chi connectivity index (χ0n) is 23.9. The van der Waals surface area contributed by atoms with Crippen LogP contribution in [-0.4, -0.2) is 15.0 Å². The van der Waals surface area contributed by atoms with Gasteiger partial charge in [0.1, 0.15) is 0 Å². The molecule has 206 valence electrons. The maximum absolute atomic E-state index is 4.92. The highest BCUT2D eigenvalue weighted by Crippen LogP contribution is 2.32. The minimum atomic E-state index is 0.653. The largest absolute Gasteiger partial charge is 0.208 e. The Morgan fingerprint density at radius 1 is 0.227 bits per heavy atom. The van der Waals surface area contributed by atoms with Crippen molar-refractivity contribution in [3.05, 3.63) is 164 Å². The van der Waals surface area contributed by atoms with Crippen LogP contribution in [0.2, 0.25) is 0 Å². The first-order chi connectivity index (χ1) is 21.8. The van der Waals surface area contributed by atoms with E-state index in [1.807, 2.05) is 60.7 Å². The van der Waals surface area contributed by atoms with E-state index in [1.54, 1.807) is 0 Å².